The quantitative estimate of drug-likeness (QED) is 0.712. The molecule has 0 amide bonds. The second kappa shape index (κ2) is 7.84. The van der Waals surface area contributed by atoms with Gasteiger partial charge in [0.25, 0.3) is 0 Å². The van der Waals surface area contributed by atoms with Crippen molar-refractivity contribution in [1.82, 2.24) is 15.1 Å². The fourth-order valence-corrected chi connectivity index (χ4v) is 2.68. The lowest BCUT2D eigenvalue weighted by atomic mass is 9.95. The maximum absolute atomic E-state index is 9.28. The molecule has 4 nitrogen and oxygen atoms in total. The molecule has 0 bridgehead atoms. The maximum Gasteiger partial charge on any atom is 0.104 e. The van der Waals surface area contributed by atoms with Gasteiger partial charge < -0.3 is 9.80 Å². The molecule has 0 saturated carbocycles. The third-order valence-corrected chi connectivity index (χ3v) is 3.85. The van der Waals surface area contributed by atoms with Crippen molar-refractivity contribution in [3.05, 3.63) is 0 Å². The first-order valence-corrected chi connectivity index (χ1v) is 7.55. The molecule has 1 fully saturated rings. The van der Waals surface area contributed by atoms with Gasteiger partial charge in [0.15, 0.2) is 0 Å². The fourth-order valence-electron chi connectivity index (χ4n) is 2.68. The van der Waals surface area contributed by atoms with Crippen LogP contribution in [-0.4, -0.2) is 61.2 Å². The predicted molar refractivity (Wildman–Crippen MR) is 80.1 cm³/mol. The molecule has 19 heavy (non-hydrogen) atoms. The zero-order valence-corrected chi connectivity index (χ0v) is 13.1. The van der Waals surface area contributed by atoms with E-state index in [-0.39, 0.29) is 5.54 Å². The van der Waals surface area contributed by atoms with Gasteiger partial charge in [0.1, 0.15) is 5.54 Å². The summed E-state index contributed by atoms with van der Waals surface area (Å²) in [6.07, 6.45) is 3.26. The minimum Gasteiger partial charge on any atom is -0.304 e. The Labute approximate surface area is 118 Å². The molecule has 1 heterocycles. The van der Waals surface area contributed by atoms with Gasteiger partial charge >= 0.3 is 0 Å². The van der Waals surface area contributed by atoms with E-state index < -0.39 is 0 Å². The molecule has 0 radical (unpaired) electrons. The number of rotatable bonds is 7. The molecular formula is C15H30N4. The van der Waals surface area contributed by atoms with Gasteiger partial charge in [-0.2, -0.15) is 5.26 Å². The van der Waals surface area contributed by atoms with Gasteiger partial charge in [0, 0.05) is 32.2 Å². The molecule has 110 valence electrons. The van der Waals surface area contributed by atoms with Crippen LogP contribution in [0.5, 0.6) is 0 Å². The van der Waals surface area contributed by atoms with Gasteiger partial charge in [0.2, 0.25) is 0 Å². The van der Waals surface area contributed by atoms with Crippen molar-refractivity contribution >= 4 is 0 Å². The van der Waals surface area contributed by atoms with E-state index in [2.05, 4.69) is 42.1 Å². The number of nitrogens with zero attached hydrogens (tertiary/aromatic N) is 3. The Bertz CT molecular complexity index is 289. The fraction of sp³-hybridized carbons (Fsp3) is 0.933. The van der Waals surface area contributed by atoms with Gasteiger partial charge in [-0.15, -0.1) is 0 Å². The molecule has 1 unspecified atom stereocenters. The lowest BCUT2D eigenvalue weighted by Crippen LogP contribution is -2.45. The summed E-state index contributed by atoms with van der Waals surface area (Å²) in [6.45, 7) is 12.1. The van der Waals surface area contributed by atoms with E-state index in [1.54, 1.807) is 0 Å². The minimum absolute atomic E-state index is 0.363. The highest BCUT2D eigenvalue weighted by Crippen LogP contribution is 2.14. The Hall–Kier alpha value is -0.630. The molecule has 0 aromatic heterocycles. The second-order valence-electron chi connectivity index (χ2n) is 6.34. The van der Waals surface area contributed by atoms with E-state index in [0.717, 1.165) is 12.8 Å². The molecule has 0 aromatic carbocycles. The van der Waals surface area contributed by atoms with E-state index in [9.17, 15) is 5.26 Å². The Balaban J connectivity index is 2.17. The average molecular weight is 266 g/mol. The summed E-state index contributed by atoms with van der Waals surface area (Å²) in [7, 11) is 2.19. The minimum atomic E-state index is -0.365. The van der Waals surface area contributed by atoms with Crippen LogP contribution in [0.25, 0.3) is 0 Å². The lowest BCUT2D eigenvalue weighted by molar-refractivity contribution is 0.151. The predicted octanol–water partition coefficient (Wildman–Crippen LogP) is 1.68. The van der Waals surface area contributed by atoms with Crippen LogP contribution in [-0.2, 0) is 0 Å². The largest absolute Gasteiger partial charge is 0.304 e. The summed E-state index contributed by atoms with van der Waals surface area (Å²) in [5.74, 6) is 0. The molecule has 1 aliphatic heterocycles. The number of unbranched alkanes of at least 4 members (excludes halogenated alkanes) is 1. The number of hydrogen-bond donors (Lipinski definition) is 1. The zero-order chi connectivity index (χ0) is 14.3. The van der Waals surface area contributed by atoms with Crippen LogP contribution in [0.2, 0.25) is 0 Å². The van der Waals surface area contributed by atoms with Gasteiger partial charge in [-0.3, -0.25) is 5.32 Å². The van der Waals surface area contributed by atoms with Crippen molar-refractivity contribution in [2.24, 2.45) is 0 Å². The SMILES string of the molecule is CC(C)NC(C)(C#N)CCCCN1CCN(C)CC1. The Kier molecular flexibility index (Phi) is 6.78. The van der Waals surface area contributed by atoms with Gasteiger partial charge in [0.05, 0.1) is 6.07 Å². The van der Waals surface area contributed by atoms with Gasteiger partial charge in [-0.1, -0.05) is 0 Å². The number of likely N-dealkylation sites (N-methyl/N-ethyl adjacent to an activating group) is 1. The number of hydrogen-bond acceptors (Lipinski definition) is 4. The van der Waals surface area contributed by atoms with Crippen molar-refractivity contribution in [3.63, 3.8) is 0 Å². The van der Waals surface area contributed by atoms with Crippen LogP contribution in [0.3, 0.4) is 0 Å². The zero-order valence-electron chi connectivity index (χ0n) is 13.1. The smallest absolute Gasteiger partial charge is 0.104 e. The highest BCUT2D eigenvalue weighted by Gasteiger charge is 2.23. The summed E-state index contributed by atoms with van der Waals surface area (Å²) in [5, 5.41) is 12.7. The van der Waals surface area contributed by atoms with Gasteiger partial charge in [-0.25, -0.2) is 0 Å². The summed E-state index contributed by atoms with van der Waals surface area (Å²) in [5.41, 5.74) is -0.365. The lowest BCUT2D eigenvalue weighted by Gasteiger charge is -2.32. The van der Waals surface area contributed by atoms with Crippen molar-refractivity contribution in [2.45, 2.75) is 51.6 Å². The highest BCUT2D eigenvalue weighted by molar-refractivity contribution is 5.04. The Morgan fingerprint density at radius 2 is 1.84 bits per heavy atom. The molecule has 0 aromatic rings. The van der Waals surface area contributed by atoms with Crippen LogP contribution in [0, 0.1) is 11.3 Å². The molecular weight excluding hydrogens is 236 g/mol. The first-order chi connectivity index (χ1) is 8.95. The Morgan fingerprint density at radius 3 is 2.37 bits per heavy atom. The van der Waals surface area contributed by atoms with Gasteiger partial charge in [-0.05, 0) is 53.6 Å². The molecule has 1 N–H and O–H groups in total. The van der Waals surface area contributed by atoms with Crippen molar-refractivity contribution < 1.29 is 0 Å². The molecule has 1 saturated heterocycles. The van der Waals surface area contributed by atoms with Crippen molar-refractivity contribution in [1.29, 1.82) is 5.26 Å². The van der Waals surface area contributed by atoms with E-state index in [0.29, 0.717) is 6.04 Å². The molecule has 0 aliphatic carbocycles. The van der Waals surface area contributed by atoms with E-state index >= 15 is 0 Å². The summed E-state index contributed by atoms with van der Waals surface area (Å²) >= 11 is 0. The van der Waals surface area contributed by atoms with Crippen molar-refractivity contribution in [2.75, 3.05) is 39.8 Å². The normalized spacial score (nSPS) is 21.3. The average Bonchev–Trinajstić information content (AvgIpc) is 2.36. The number of nitrogens with one attached hydrogen (secondary N) is 1. The molecule has 4 heteroatoms. The second-order valence-corrected chi connectivity index (χ2v) is 6.34. The van der Waals surface area contributed by atoms with Crippen LogP contribution in [0.4, 0.5) is 0 Å². The maximum atomic E-state index is 9.28. The summed E-state index contributed by atoms with van der Waals surface area (Å²) in [4.78, 5) is 4.93. The molecule has 1 atom stereocenters. The van der Waals surface area contributed by atoms with Crippen molar-refractivity contribution in [3.8, 4) is 6.07 Å². The van der Waals surface area contributed by atoms with Crippen LogP contribution in [0.15, 0.2) is 0 Å². The number of piperazine rings is 1. The Morgan fingerprint density at radius 1 is 1.21 bits per heavy atom. The molecule has 0 spiro atoms. The standard InChI is InChI=1S/C15H30N4/c1-14(2)17-15(3,13-16)7-5-6-8-19-11-9-18(4)10-12-19/h14,17H,5-12H2,1-4H3. The molecule has 1 aliphatic rings. The summed E-state index contributed by atoms with van der Waals surface area (Å²) in [6, 6.07) is 2.79. The third kappa shape index (κ3) is 6.38. The highest BCUT2D eigenvalue weighted by atomic mass is 15.2. The van der Waals surface area contributed by atoms with Crippen LogP contribution >= 0.6 is 0 Å². The summed E-state index contributed by atoms with van der Waals surface area (Å²) < 4.78 is 0. The van der Waals surface area contributed by atoms with E-state index in [4.69, 9.17) is 0 Å². The van der Waals surface area contributed by atoms with Crippen LogP contribution in [0.1, 0.15) is 40.0 Å². The van der Waals surface area contributed by atoms with E-state index in [1.807, 2.05) is 6.92 Å². The van der Waals surface area contributed by atoms with E-state index in [1.165, 1.54) is 39.1 Å². The monoisotopic (exact) mass is 266 g/mol. The third-order valence-electron chi connectivity index (χ3n) is 3.85. The van der Waals surface area contributed by atoms with Crippen LogP contribution < -0.4 is 5.32 Å². The first-order valence-electron chi connectivity index (χ1n) is 7.55. The number of nitriles is 1. The molecule has 1 rings (SSSR count). The first kappa shape index (κ1) is 16.4. The topological polar surface area (TPSA) is 42.3 Å².